The summed E-state index contributed by atoms with van der Waals surface area (Å²) < 4.78 is 0. The summed E-state index contributed by atoms with van der Waals surface area (Å²) in [6, 6.07) is 0. The number of hydrogen-bond acceptors (Lipinski definition) is 3. The molecule has 1 aromatic heterocycles. The summed E-state index contributed by atoms with van der Waals surface area (Å²) in [5.41, 5.74) is 6.45. The largest absolute Gasteiger partial charge is 0.365 e. The third-order valence-corrected chi connectivity index (χ3v) is 1.97. The van der Waals surface area contributed by atoms with Crippen LogP contribution in [0, 0.1) is 0 Å². The van der Waals surface area contributed by atoms with Crippen LogP contribution in [-0.2, 0) is 0 Å². The molecule has 2 rings (SSSR count). The van der Waals surface area contributed by atoms with Crippen molar-refractivity contribution in [3.05, 3.63) is 23.8 Å². The Labute approximate surface area is 69.8 Å². The van der Waals surface area contributed by atoms with Crippen LogP contribution >= 0.6 is 0 Å². The Morgan fingerprint density at radius 2 is 2.33 bits per heavy atom. The molecule has 1 aliphatic carbocycles. The van der Waals surface area contributed by atoms with Crippen molar-refractivity contribution in [2.45, 2.75) is 18.8 Å². The number of hydrogen-bond donors (Lipinski definition) is 1. The van der Waals surface area contributed by atoms with Crippen molar-refractivity contribution in [3.63, 3.8) is 0 Å². The van der Waals surface area contributed by atoms with E-state index in [0.717, 1.165) is 18.5 Å². The minimum absolute atomic E-state index is 0.433. The van der Waals surface area contributed by atoms with Crippen LogP contribution in [0.3, 0.4) is 0 Å². The predicted octanol–water partition coefficient (Wildman–Crippen LogP) is 0.453. The van der Waals surface area contributed by atoms with Crippen LogP contribution in [0.15, 0.2) is 12.5 Å². The summed E-state index contributed by atoms with van der Waals surface area (Å²) in [7, 11) is 0. The quantitative estimate of drug-likeness (QED) is 0.688. The van der Waals surface area contributed by atoms with Gasteiger partial charge in [0.05, 0.1) is 11.3 Å². The fraction of sp³-hybridized carbons (Fsp3) is 0.375. The summed E-state index contributed by atoms with van der Waals surface area (Å²) in [4.78, 5) is 18.7. The van der Waals surface area contributed by atoms with Gasteiger partial charge in [-0.25, -0.2) is 9.97 Å². The molecule has 0 saturated heterocycles. The Kier molecular flexibility index (Phi) is 1.53. The van der Waals surface area contributed by atoms with Crippen molar-refractivity contribution in [3.8, 4) is 0 Å². The lowest BCUT2D eigenvalue weighted by Gasteiger charge is -2.00. The average Bonchev–Trinajstić information content (AvgIpc) is 2.87. The minimum Gasteiger partial charge on any atom is -0.365 e. The first-order valence-electron chi connectivity index (χ1n) is 3.88. The lowest BCUT2D eigenvalue weighted by atomic mass is 10.1. The number of carbonyl (C=O) groups excluding carboxylic acids is 1. The highest BCUT2D eigenvalue weighted by atomic mass is 16.1. The molecule has 0 bridgehead atoms. The van der Waals surface area contributed by atoms with Gasteiger partial charge in [-0.2, -0.15) is 0 Å². The van der Waals surface area contributed by atoms with Crippen LogP contribution in [-0.4, -0.2) is 15.9 Å². The monoisotopic (exact) mass is 163 g/mol. The van der Waals surface area contributed by atoms with Gasteiger partial charge in [0.25, 0.3) is 5.91 Å². The van der Waals surface area contributed by atoms with Gasteiger partial charge in [0, 0.05) is 12.1 Å². The van der Waals surface area contributed by atoms with Crippen LogP contribution in [0.25, 0.3) is 0 Å². The van der Waals surface area contributed by atoms with E-state index in [0.29, 0.717) is 11.5 Å². The first kappa shape index (κ1) is 7.21. The second kappa shape index (κ2) is 2.55. The van der Waals surface area contributed by atoms with Crippen molar-refractivity contribution in [2.24, 2.45) is 5.73 Å². The van der Waals surface area contributed by atoms with Crippen molar-refractivity contribution in [1.29, 1.82) is 0 Å². The molecule has 2 N–H and O–H groups in total. The zero-order valence-corrected chi connectivity index (χ0v) is 6.53. The molecule has 1 amide bonds. The molecule has 1 aliphatic rings. The van der Waals surface area contributed by atoms with E-state index in [2.05, 4.69) is 9.97 Å². The molecular weight excluding hydrogens is 154 g/mol. The van der Waals surface area contributed by atoms with Gasteiger partial charge < -0.3 is 5.73 Å². The molecule has 0 spiro atoms. The van der Waals surface area contributed by atoms with Crippen molar-refractivity contribution >= 4 is 5.91 Å². The number of primary amides is 1. The van der Waals surface area contributed by atoms with Crippen LogP contribution < -0.4 is 5.73 Å². The van der Waals surface area contributed by atoms with Crippen molar-refractivity contribution < 1.29 is 4.79 Å². The van der Waals surface area contributed by atoms with Crippen LogP contribution in [0.1, 0.15) is 34.8 Å². The summed E-state index contributed by atoms with van der Waals surface area (Å²) in [6.07, 6.45) is 5.16. The average molecular weight is 163 g/mol. The molecular formula is C8H9N3O. The Balaban J connectivity index is 2.43. The number of carbonyl (C=O) groups is 1. The number of nitrogens with zero attached hydrogens (tertiary/aromatic N) is 2. The van der Waals surface area contributed by atoms with Crippen molar-refractivity contribution in [1.82, 2.24) is 9.97 Å². The third-order valence-electron chi connectivity index (χ3n) is 1.97. The van der Waals surface area contributed by atoms with E-state index in [-0.39, 0.29) is 0 Å². The Morgan fingerprint density at radius 3 is 2.92 bits per heavy atom. The number of nitrogens with two attached hydrogens (primary N) is 1. The molecule has 0 aliphatic heterocycles. The maximum Gasteiger partial charge on any atom is 0.252 e. The lowest BCUT2D eigenvalue weighted by molar-refractivity contribution is 0.0998. The Bertz CT molecular complexity index is 320. The van der Waals surface area contributed by atoms with Gasteiger partial charge in [-0.05, 0) is 12.8 Å². The van der Waals surface area contributed by atoms with E-state index < -0.39 is 5.91 Å². The summed E-state index contributed by atoms with van der Waals surface area (Å²) in [6.45, 7) is 0. The zero-order valence-electron chi connectivity index (χ0n) is 6.53. The molecule has 1 fully saturated rings. The summed E-state index contributed by atoms with van der Waals surface area (Å²) in [5, 5.41) is 0. The van der Waals surface area contributed by atoms with Crippen LogP contribution in [0.2, 0.25) is 0 Å². The number of amides is 1. The van der Waals surface area contributed by atoms with E-state index in [1.165, 1.54) is 12.5 Å². The van der Waals surface area contributed by atoms with Crippen LogP contribution in [0.5, 0.6) is 0 Å². The second-order valence-electron chi connectivity index (χ2n) is 2.96. The Hall–Kier alpha value is -1.45. The van der Waals surface area contributed by atoms with Gasteiger partial charge in [0.1, 0.15) is 6.33 Å². The zero-order chi connectivity index (χ0) is 8.55. The molecule has 0 atom stereocenters. The normalized spacial score (nSPS) is 16.0. The highest BCUT2D eigenvalue weighted by molar-refractivity contribution is 5.93. The van der Waals surface area contributed by atoms with Gasteiger partial charge in [-0.3, -0.25) is 4.79 Å². The summed E-state index contributed by atoms with van der Waals surface area (Å²) in [5.74, 6) is 0.00741. The molecule has 4 nitrogen and oxygen atoms in total. The second-order valence-corrected chi connectivity index (χ2v) is 2.96. The molecule has 62 valence electrons. The molecule has 0 aromatic carbocycles. The number of aromatic nitrogens is 2. The highest BCUT2D eigenvalue weighted by Crippen LogP contribution is 2.39. The molecule has 0 unspecified atom stereocenters. The lowest BCUT2D eigenvalue weighted by Crippen LogP contribution is -2.14. The predicted molar refractivity (Wildman–Crippen MR) is 42.5 cm³/mol. The van der Waals surface area contributed by atoms with Gasteiger partial charge >= 0.3 is 0 Å². The maximum absolute atomic E-state index is 10.9. The standard InChI is InChI=1S/C8H9N3O/c9-8(12)6-3-10-4-11-7(6)5-1-2-5/h3-5H,1-2H2,(H2,9,12). The smallest absolute Gasteiger partial charge is 0.252 e. The SMILES string of the molecule is NC(=O)c1cncnc1C1CC1. The minimum atomic E-state index is -0.433. The highest BCUT2D eigenvalue weighted by Gasteiger charge is 2.28. The fourth-order valence-electron chi connectivity index (χ4n) is 1.21. The van der Waals surface area contributed by atoms with E-state index >= 15 is 0 Å². The fourth-order valence-corrected chi connectivity index (χ4v) is 1.21. The molecule has 1 saturated carbocycles. The van der Waals surface area contributed by atoms with E-state index in [1.807, 2.05) is 0 Å². The van der Waals surface area contributed by atoms with E-state index in [1.54, 1.807) is 0 Å². The topological polar surface area (TPSA) is 68.9 Å². The molecule has 4 heteroatoms. The Morgan fingerprint density at radius 1 is 1.58 bits per heavy atom. The van der Waals surface area contributed by atoms with Gasteiger partial charge in [0.2, 0.25) is 0 Å². The molecule has 1 aromatic rings. The van der Waals surface area contributed by atoms with Crippen molar-refractivity contribution in [2.75, 3.05) is 0 Å². The third kappa shape index (κ3) is 1.15. The van der Waals surface area contributed by atoms with Gasteiger partial charge in [-0.15, -0.1) is 0 Å². The summed E-state index contributed by atoms with van der Waals surface area (Å²) >= 11 is 0. The molecule has 1 heterocycles. The van der Waals surface area contributed by atoms with Crippen LogP contribution in [0.4, 0.5) is 0 Å². The maximum atomic E-state index is 10.9. The van der Waals surface area contributed by atoms with Gasteiger partial charge in [-0.1, -0.05) is 0 Å². The van der Waals surface area contributed by atoms with E-state index in [9.17, 15) is 4.79 Å². The van der Waals surface area contributed by atoms with E-state index in [4.69, 9.17) is 5.73 Å². The van der Waals surface area contributed by atoms with Gasteiger partial charge in [0.15, 0.2) is 0 Å². The molecule has 12 heavy (non-hydrogen) atoms. The first-order valence-corrected chi connectivity index (χ1v) is 3.88. The molecule has 0 radical (unpaired) electrons. The number of rotatable bonds is 2. The first-order chi connectivity index (χ1) is 5.79.